The molecule has 2 aromatic carbocycles. The van der Waals surface area contributed by atoms with Crippen LogP contribution in [0.1, 0.15) is 24.5 Å². The number of ether oxygens (including phenoxy) is 4. The fourth-order valence-corrected chi connectivity index (χ4v) is 2.80. The zero-order chi connectivity index (χ0) is 21.7. The Morgan fingerprint density at radius 1 is 1.03 bits per heavy atom. The lowest BCUT2D eigenvalue weighted by Gasteiger charge is -2.14. The van der Waals surface area contributed by atoms with Gasteiger partial charge in [0.05, 0.1) is 27.8 Å². The van der Waals surface area contributed by atoms with Crippen LogP contribution in [0.5, 0.6) is 17.2 Å². The Labute approximate surface area is 172 Å². The minimum atomic E-state index is -0.763. The molecule has 0 aliphatic carbocycles. The zero-order valence-electron chi connectivity index (χ0n) is 17.0. The van der Waals surface area contributed by atoms with Crippen LogP contribution < -0.4 is 14.2 Å². The smallest absolute Gasteiger partial charge is 0.311 e. The number of nitrogens with zero attached hydrogens (tertiary/aromatic N) is 2. The first-order valence-electron chi connectivity index (χ1n) is 9.02. The predicted octanol–water partition coefficient (Wildman–Crippen LogP) is 3.75. The van der Waals surface area contributed by atoms with Crippen LogP contribution in [-0.4, -0.2) is 37.5 Å². The molecule has 8 nitrogen and oxygen atoms in total. The molecule has 3 rings (SSSR count). The number of halogens is 1. The van der Waals surface area contributed by atoms with Crippen molar-refractivity contribution in [1.29, 1.82) is 0 Å². The van der Waals surface area contributed by atoms with Gasteiger partial charge in [0.15, 0.2) is 17.6 Å². The van der Waals surface area contributed by atoms with E-state index in [0.717, 1.165) is 0 Å². The van der Waals surface area contributed by atoms with E-state index >= 15 is 0 Å². The average Bonchev–Trinajstić information content (AvgIpc) is 3.23. The van der Waals surface area contributed by atoms with Crippen molar-refractivity contribution in [3.8, 4) is 28.7 Å². The number of carbonyl (C=O) groups excluding carboxylic acids is 1. The Morgan fingerprint density at radius 2 is 1.67 bits per heavy atom. The van der Waals surface area contributed by atoms with E-state index in [1.54, 1.807) is 19.1 Å². The number of methoxy groups -OCH3 is 3. The first-order valence-corrected chi connectivity index (χ1v) is 9.02. The van der Waals surface area contributed by atoms with Crippen molar-refractivity contribution in [2.75, 3.05) is 21.3 Å². The number of hydrogen-bond donors (Lipinski definition) is 0. The highest BCUT2D eigenvalue weighted by atomic mass is 19.1. The van der Waals surface area contributed by atoms with Crippen molar-refractivity contribution in [3.63, 3.8) is 0 Å². The summed E-state index contributed by atoms with van der Waals surface area (Å²) in [4.78, 5) is 12.4. The molecule has 9 heteroatoms. The van der Waals surface area contributed by atoms with Gasteiger partial charge in [-0.25, -0.2) is 4.39 Å². The van der Waals surface area contributed by atoms with Crippen molar-refractivity contribution >= 4 is 5.97 Å². The molecule has 1 heterocycles. The zero-order valence-corrected chi connectivity index (χ0v) is 17.0. The van der Waals surface area contributed by atoms with E-state index in [9.17, 15) is 9.18 Å². The maximum absolute atomic E-state index is 13.0. The Balaban J connectivity index is 1.68. The summed E-state index contributed by atoms with van der Waals surface area (Å²) >= 11 is 0. The van der Waals surface area contributed by atoms with E-state index in [1.165, 1.54) is 45.6 Å². The molecule has 0 spiro atoms. The quantitative estimate of drug-likeness (QED) is 0.513. The van der Waals surface area contributed by atoms with Gasteiger partial charge in [0, 0.05) is 5.56 Å². The lowest BCUT2D eigenvalue weighted by molar-refractivity contribution is -0.148. The number of rotatable bonds is 8. The third-order valence-electron chi connectivity index (χ3n) is 4.26. The minimum absolute atomic E-state index is 0.0278. The molecule has 1 atom stereocenters. The highest BCUT2D eigenvalue weighted by Crippen LogP contribution is 2.38. The van der Waals surface area contributed by atoms with Crippen LogP contribution in [0.2, 0.25) is 0 Å². The monoisotopic (exact) mass is 416 g/mol. The van der Waals surface area contributed by atoms with E-state index in [4.69, 9.17) is 23.4 Å². The Morgan fingerprint density at radius 3 is 2.23 bits per heavy atom. The van der Waals surface area contributed by atoms with E-state index in [1.807, 2.05) is 0 Å². The molecule has 0 bridgehead atoms. The Hall–Kier alpha value is -3.62. The molecule has 0 unspecified atom stereocenters. The van der Waals surface area contributed by atoms with Gasteiger partial charge in [0.1, 0.15) is 5.82 Å². The molecule has 0 saturated heterocycles. The van der Waals surface area contributed by atoms with Crippen molar-refractivity contribution in [1.82, 2.24) is 10.2 Å². The molecule has 3 aromatic rings. The van der Waals surface area contributed by atoms with Gasteiger partial charge < -0.3 is 23.4 Å². The highest BCUT2D eigenvalue weighted by Gasteiger charge is 2.21. The largest absolute Gasteiger partial charge is 0.493 e. The predicted molar refractivity (Wildman–Crippen MR) is 104 cm³/mol. The summed E-state index contributed by atoms with van der Waals surface area (Å²) in [6.45, 7) is 1.62. The van der Waals surface area contributed by atoms with Crippen LogP contribution >= 0.6 is 0 Å². The number of benzene rings is 2. The first kappa shape index (κ1) is 21.1. The highest BCUT2D eigenvalue weighted by molar-refractivity contribution is 5.73. The molecule has 0 saturated carbocycles. The summed E-state index contributed by atoms with van der Waals surface area (Å²) in [6, 6.07) is 8.97. The van der Waals surface area contributed by atoms with Crippen molar-refractivity contribution in [3.05, 3.63) is 53.7 Å². The number of esters is 1. The standard InChI is InChI=1S/C21H21FN2O6/c1-12(20-23-24-21(30-20)14-5-7-15(22)8-6-14)29-18(25)11-13-9-16(26-2)19(28-4)17(10-13)27-3/h5-10,12H,11H2,1-4H3/t12-/m0/s1. The number of hydrogen-bond acceptors (Lipinski definition) is 8. The van der Waals surface area contributed by atoms with Gasteiger partial charge in [-0.15, -0.1) is 10.2 Å². The van der Waals surface area contributed by atoms with Crippen molar-refractivity contribution in [2.24, 2.45) is 0 Å². The van der Waals surface area contributed by atoms with Gasteiger partial charge in [-0.3, -0.25) is 4.79 Å². The van der Waals surface area contributed by atoms with Crippen molar-refractivity contribution < 1.29 is 32.5 Å². The van der Waals surface area contributed by atoms with E-state index in [2.05, 4.69) is 10.2 Å². The fraction of sp³-hybridized carbons (Fsp3) is 0.286. The SMILES string of the molecule is COc1cc(CC(=O)O[C@@H](C)c2nnc(-c3ccc(F)cc3)o2)cc(OC)c1OC. The minimum Gasteiger partial charge on any atom is -0.493 e. The molecule has 1 aromatic heterocycles. The van der Waals surface area contributed by atoms with Gasteiger partial charge in [-0.1, -0.05) is 0 Å². The summed E-state index contributed by atoms with van der Waals surface area (Å²) < 4.78 is 39.9. The topological polar surface area (TPSA) is 92.9 Å². The Bertz CT molecular complexity index is 994. The number of aromatic nitrogens is 2. The number of carbonyl (C=O) groups is 1. The molecule has 30 heavy (non-hydrogen) atoms. The second-order valence-corrected chi connectivity index (χ2v) is 6.29. The molecular weight excluding hydrogens is 395 g/mol. The summed E-state index contributed by atoms with van der Waals surface area (Å²) in [6.07, 6.45) is -0.791. The lowest BCUT2D eigenvalue weighted by Crippen LogP contribution is -2.12. The van der Waals surface area contributed by atoms with Crippen LogP contribution in [0.15, 0.2) is 40.8 Å². The van der Waals surface area contributed by atoms with E-state index < -0.39 is 12.1 Å². The molecule has 0 aliphatic rings. The molecular formula is C21H21FN2O6. The summed E-state index contributed by atoms with van der Waals surface area (Å²) in [5.41, 5.74) is 1.19. The third kappa shape index (κ3) is 4.68. The lowest BCUT2D eigenvalue weighted by atomic mass is 10.1. The van der Waals surface area contributed by atoms with Crippen LogP contribution in [0.4, 0.5) is 4.39 Å². The molecule has 0 N–H and O–H groups in total. The van der Waals surface area contributed by atoms with E-state index in [-0.39, 0.29) is 24.0 Å². The van der Waals surface area contributed by atoms with Gasteiger partial charge in [-0.2, -0.15) is 0 Å². The van der Waals surface area contributed by atoms with E-state index in [0.29, 0.717) is 28.4 Å². The fourth-order valence-electron chi connectivity index (χ4n) is 2.80. The average molecular weight is 416 g/mol. The molecule has 0 fully saturated rings. The molecule has 0 aliphatic heterocycles. The second-order valence-electron chi connectivity index (χ2n) is 6.29. The maximum Gasteiger partial charge on any atom is 0.311 e. The van der Waals surface area contributed by atoms with Gasteiger partial charge in [0.2, 0.25) is 11.6 Å². The second kappa shape index (κ2) is 9.25. The van der Waals surface area contributed by atoms with Gasteiger partial charge in [-0.05, 0) is 48.9 Å². The van der Waals surface area contributed by atoms with Crippen LogP contribution in [-0.2, 0) is 16.0 Å². The van der Waals surface area contributed by atoms with Crippen LogP contribution in [0.3, 0.4) is 0 Å². The molecule has 0 amide bonds. The van der Waals surface area contributed by atoms with Crippen molar-refractivity contribution in [2.45, 2.75) is 19.4 Å². The van der Waals surface area contributed by atoms with Crippen LogP contribution in [0.25, 0.3) is 11.5 Å². The Kier molecular flexibility index (Phi) is 6.51. The van der Waals surface area contributed by atoms with Crippen LogP contribution in [0, 0.1) is 5.82 Å². The van der Waals surface area contributed by atoms with Gasteiger partial charge >= 0.3 is 5.97 Å². The normalized spacial score (nSPS) is 11.6. The summed E-state index contributed by atoms with van der Waals surface area (Å²) in [5.74, 6) is 0.780. The summed E-state index contributed by atoms with van der Waals surface area (Å²) in [7, 11) is 4.49. The molecule has 158 valence electrons. The van der Waals surface area contributed by atoms with Gasteiger partial charge in [0.25, 0.3) is 5.89 Å². The molecule has 0 radical (unpaired) electrons. The third-order valence-corrected chi connectivity index (χ3v) is 4.26. The summed E-state index contributed by atoms with van der Waals surface area (Å²) in [5, 5.41) is 7.82. The maximum atomic E-state index is 13.0. The first-order chi connectivity index (χ1) is 14.4.